The number of hydrogen-bond donors (Lipinski definition) is 2. The molecule has 1 aromatic carbocycles. The number of amides is 3. The quantitative estimate of drug-likeness (QED) is 0.532. The van der Waals surface area contributed by atoms with E-state index in [2.05, 4.69) is 27.6 Å². The summed E-state index contributed by atoms with van der Waals surface area (Å²) in [5, 5.41) is 11.9. The standard InChI is InChI=1S/C23H32N6O4/c1-4-6-10-13-24-20(30)16-32-22-17(3)21(29(27-22)19-11-8-7-9-12-19)26-23(31)25-18-14-28(5-2)33-15-18/h7-9,11-12H,4-6,10,13-16H2,1-3H3,(H,24,30)(H,26,31)/b25-18+. The van der Waals surface area contributed by atoms with Crippen LogP contribution in [0.3, 0.4) is 0 Å². The number of hydrogen-bond acceptors (Lipinski definition) is 6. The molecule has 10 nitrogen and oxygen atoms in total. The molecule has 2 heterocycles. The average Bonchev–Trinajstić information content (AvgIpc) is 3.40. The van der Waals surface area contributed by atoms with Crippen molar-refractivity contribution < 1.29 is 19.2 Å². The van der Waals surface area contributed by atoms with Gasteiger partial charge >= 0.3 is 6.03 Å². The second kappa shape index (κ2) is 12.1. The van der Waals surface area contributed by atoms with Gasteiger partial charge in [-0.05, 0) is 25.5 Å². The zero-order valence-electron chi connectivity index (χ0n) is 19.5. The highest BCUT2D eigenvalue weighted by Crippen LogP contribution is 2.28. The molecule has 0 spiro atoms. The molecule has 0 unspecified atom stereocenters. The largest absolute Gasteiger partial charge is 0.466 e. The van der Waals surface area contributed by atoms with Gasteiger partial charge in [0.2, 0.25) is 5.88 Å². The Balaban J connectivity index is 1.73. The Labute approximate surface area is 193 Å². The summed E-state index contributed by atoms with van der Waals surface area (Å²) in [4.78, 5) is 34.3. The first-order valence-corrected chi connectivity index (χ1v) is 11.3. The van der Waals surface area contributed by atoms with Gasteiger partial charge in [0.05, 0.1) is 23.5 Å². The van der Waals surface area contributed by atoms with E-state index >= 15 is 0 Å². The van der Waals surface area contributed by atoms with Gasteiger partial charge < -0.3 is 10.1 Å². The Kier molecular flexibility index (Phi) is 8.96. The zero-order valence-corrected chi connectivity index (χ0v) is 19.5. The molecule has 0 bridgehead atoms. The second-order valence-corrected chi connectivity index (χ2v) is 7.71. The van der Waals surface area contributed by atoms with Crippen molar-refractivity contribution >= 4 is 23.5 Å². The van der Waals surface area contributed by atoms with Gasteiger partial charge in [0.1, 0.15) is 12.4 Å². The normalized spacial score (nSPS) is 15.1. The van der Waals surface area contributed by atoms with Crippen LogP contribution in [0, 0.1) is 6.92 Å². The topological polar surface area (TPSA) is 110 Å². The van der Waals surface area contributed by atoms with Crippen LogP contribution >= 0.6 is 0 Å². The van der Waals surface area contributed by atoms with Crippen LogP contribution in [-0.2, 0) is 9.63 Å². The van der Waals surface area contributed by atoms with E-state index in [1.54, 1.807) is 16.7 Å². The Morgan fingerprint density at radius 2 is 2.00 bits per heavy atom. The lowest BCUT2D eigenvalue weighted by molar-refractivity contribution is -0.123. The molecular weight excluding hydrogens is 424 g/mol. The second-order valence-electron chi connectivity index (χ2n) is 7.71. The number of hydroxylamine groups is 2. The minimum Gasteiger partial charge on any atom is -0.466 e. The van der Waals surface area contributed by atoms with E-state index in [9.17, 15) is 9.59 Å². The molecule has 1 fully saturated rings. The molecule has 0 radical (unpaired) electrons. The van der Waals surface area contributed by atoms with Gasteiger partial charge in [-0.3, -0.25) is 14.9 Å². The number of urea groups is 1. The summed E-state index contributed by atoms with van der Waals surface area (Å²) in [6.45, 7) is 7.82. The molecule has 33 heavy (non-hydrogen) atoms. The fraction of sp³-hybridized carbons (Fsp3) is 0.478. The predicted molar refractivity (Wildman–Crippen MR) is 126 cm³/mol. The van der Waals surface area contributed by atoms with Crippen molar-refractivity contribution in [3.05, 3.63) is 35.9 Å². The number of para-hydroxylation sites is 1. The third-order valence-corrected chi connectivity index (χ3v) is 5.13. The lowest BCUT2D eigenvalue weighted by Crippen LogP contribution is -2.29. The maximum absolute atomic E-state index is 12.6. The van der Waals surface area contributed by atoms with Crippen molar-refractivity contribution in [1.82, 2.24) is 20.2 Å². The van der Waals surface area contributed by atoms with E-state index in [0.29, 0.717) is 43.3 Å². The van der Waals surface area contributed by atoms with E-state index in [-0.39, 0.29) is 18.4 Å². The van der Waals surface area contributed by atoms with Crippen LogP contribution in [0.15, 0.2) is 35.3 Å². The number of aromatic nitrogens is 2. The summed E-state index contributed by atoms with van der Waals surface area (Å²) in [7, 11) is 0. The van der Waals surface area contributed by atoms with Gasteiger partial charge in [-0.1, -0.05) is 44.9 Å². The zero-order chi connectivity index (χ0) is 23.6. The molecule has 1 aliphatic rings. The van der Waals surface area contributed by atoms with Crippen LogP contribution in [0.1, 0.15) is 38.7 Å². The molecule has 178 valence electrons. The minimum atomic E-state index is -0.521. The van der Waals surface area contributed by atoms with Crippen molar-refractivity contribution in [2.75, 3.05) is 38.2 Å². The summed E-state index contributed by atoms with van der Waals surface area (Å²) >= 11 is 0. The summed E-state index contributed by atoms with van der Waals surface area (Å²) in [5.74, 6) is 0.491. The van der Waals surface area contributed by atoms with Gasteiger partial charge in [0.25, 0.3) is 5.91 Å². The third kappa shape index (κ3) is 6.87. The molecule has 3 amide bonds. The van der Waals surface area contributed by atoms with Crippen LogP contribution in [0.4, 0.5) is 10.6 Å². The molecule has 1 aliphatic heterocycles. The molecule has 1 aromatic heterocycles. The number of nitrogens with one attached hydrogen (secondary N) is 2. The Hall–Kier alpha value is -3.24. The monoisotopic (exact) mass is 456 g/mol. The summed E-state index contributed by atoms with van der Waals surface area (Å²) in [6, 6.07) is 8.84. The Bertz CT molecular complexity index is 973. The van der Waals surface area contributed by atoms with Crippen LogP contribution in [0.25, 0.3) is 5.69 Å². The number of carbonyl (C=O) groups is 2. The average molecular weight is 457 g/mol. The summed E-state index contributed by atoms with van der Waals surface area (Å²) < 4.78 is 7.26. The smallest absolute Gasteiger partial charge is 0.346 e. The molecule has 2 N–H and O–H groups in total. The molecule has 1 saturated heterocycles. The lowest BCUT2D eigenvalue weighted by Gasteiger charge is -2.08. The number of anilines is 1. The number of nitrogens with zero attached hydrogens (tertiary/aromatic N) is 4. The van der Waals surface area contributed by atoms with E-state index < -0.39 is 6.03 Å². The van der Waals surface area contributed by atoms with Gasteiger partial charge in [-0.25, -0.2) is 9.48 Å². The van der Waals surface area contributed by atoms with E-state index in [4.69, 9.17) is 9.57 Å². The maximum Gasteiger partial charge on any atom is 0.346 e. The first kappa shape index (κ1) is 24.4. The van der Waals surface area contributed by atoms with Gasteiger partial charge in [-0.2, -0.15) is 10.1 Å². The van der Waals surface area contributed by atoms with Gasteiger partial charge in [-0.15, -0.1) is 5.10 Å². The SMILES string of the molecule is CCCCCNC(=O)COc1nn(-c2ccccc2)c(NC(=O)/N=C2/CON(CC)C2)c1C. The highest BCUT2D eigenvalue weighted by Gasteiger charge is 2.22. The van der Waals surface area contributed by atoms with Crippen molar-refractivity contribution in [3.63, 3.8) is 0 Å². The van der Waals surface area contributed by atoms with Crippen LogP contribution < -0.4 is 15.4 Å². The van der Waals surface area contributed by atoms with E-state index in [1.165, 1.54) is 0 Å². The Morgan fingerprint density at radius 1 is 1.21 bits per heavy atom. The summed E-state index contributed by atoms with van der Waals surface area (Å²) in [5.41, 5.74) is 1.99. The molecule has 10 heteroatoms. The number of carbonyl (C=O) groups excluding carboxylic acids is 2. The minimum absolute atomic E-state index is 0.154. The van der Waals surface area contributed by atoms with Crippen LogP contribution in [0.2, 0.25) is 0 Å². The van der Waals surface area contributed by atoms with Crippen molar-refractivity contribution in [1.29, 1.82) is 0 Å². The highest BCUT2D eigenvalue weighted by atomic mass is 16.7. The fourth-order valence-corrected chi connectivity index (χ4v) is 3.31. The molecule has 3 rings (SSSR count). The Morgan fingerprint density at radius 3 is 2.70 bits per heavy atom. The van der Waals surface area contributed by atoms with Gasteiger partial charge in [0, 0.05) is 13.1 Å². The van der Waals surface area contributed by atoms with Crippen LogP contribution in [-0.4, -0.2) is 65.3 Å². The number of aliphatic imine (C=N–C) groups is 1. The van der Waals surface area contributed by atoms with E-state index in [1.807, 2.05) is 37.3 Å². The van der Waals surface area contributed by atoms with Crippen molar-refractivity contribution in [2.24, 2.45) is 4.99 Å². The third-order valence-electron chi connectivity index (χ3n) is 5.13. The van der Waals surface area contributed by atoms with Crippen molar-refractivity contribution in [3.8, 4) is 11.6 Å². The molecule has 2 aromatic rings. The summed E-state index contributed by atoms with van der Waals surface area (Å²) in [6.07, 6.45) is 3.09. The highest BCUT2D eigenvalue weighted by molar-refractivity contribution is 6.02. The fourth-order valence-electron chi connectivity index (χ4n) is 3.31. The first-order chi connectivity index (χ1) is 16.0. The number of rotatable bonds is 10. The van der Waals surface area contributed by atoms with Crippen molar-refractivity contribution in [2.45, 2.75) is 40.0 Å². The number of ether oxygens (including phenoxy) is 1. The number of unbranched alkanes of at least 4 members (excludes halogenated alkanes) is 2. The van der Waals surface area contributed by atoms with Gasteiger partial charge in [0.15, 0.2) is 6.61 Å². The van der Waals surface area contributed by atoms with Crippen LogP contribution in [0.5, 0.6) is 5.88 Å². The molecule has 0 aliphatic carbocycles. The molecule has 0 atom stereocenters. The molecular formula is C23H32N6O4. The predicted octanol–water partition coefficient (Wildman–Crippen LogP) is 3.11. The lowest BCUT2D eigenvalue weighted by atomic mass is 10.2. The molecule has 0 saturated carbocycles. The first-order valence-electron chi connectivity index (χ1n) is 11.3. The number of benzene rings is 1. The van der Waals surface area contributed by atoms with E-state index in [0.717, 1.165) is 24.9 Å². The maximum atomic E-state index is 12.6.